The highest BCUT2D eigenvalue weighted by Crippen LogP contribution is 2.15. The van der Waals surface area contributed by atoms with Gasteiger partial charge < -0.3 is 14.9 Å². The molecular formula is C13H28N2O. The molecule has 0 aromatic rings. The van der Waals surface area contributed by atoms with E-state index in [4.69, 9.17) is 5.11 Å². The average molecular weight is 228 g/mol. The van der Waals surface area contributed by atoms with Gasteiger partial charge in [-0.1, -0.05) is 12.8 Å². The summed E-state index contributed by atoms with van der Waals surface area (Å²) in [5.41, 5.74) is 0. The van der Waals surface area contributed by atoms with Crippen molar-refractivity contribution in [2.75, 3.05) is 46.9 Å². The van der Waals surface area contributed by atoms with Crippen molar-refractivity contribution in [3.05, 3.63) is 0 Å². The van der Waals surface area contributed by atoms with Gasteiger partial charge in [0.1, 0.15) is 0 Å². The van der Waals surface area contributed by atoms with Gasteiger partial charge in [-0.3, -0.25) is 0 Å². The summed E-state index contributed by atoms with van der Waals surface area (Å²) in [6, 6.07) is 0. The Morgan fingerprint density at radius 2 is 2.00 bits per heavy atom. The van der Waals surface area contributed by atoms with Gasteiger partial charge in [0.05, 0.1) is 0 Å². The van der Waals surface area contributed by atoms with Crippen LogP contribution >= 0.6 is 0 Å². The Bertz CT molecular complexity index is 175. The molecule has 0 amide bonds. The van der Waals surface area contributed by atoms with Crippen molar-refractivity contribution in [1.29, 1.82) is 0 Å². The number of aliphatic hydroxyl groups is 1. The van der Waals surface area contributed by atoms with Crippen LogP contribution in [0.4, 0.5) is 0 Å². The molecular weight excluding hydrogens is 200 g/mol. The molecule has 0 aliphatic carbocycles. The van der Waals surface area contributed by atoms with Crippen LogP contribution in [0.1, 0.15) is 32.1 Å². The molecule has 0 aromatic carbocycles. The van der Waals surface area contributed by atoms with E-state index in [-0.39, 0.29) is 0 Å². The van der Waals surface area contributed by atoms with E-state index >= 15 is 0 Å². The lowest BCUT2D eigenvalue weighted by Gasteiger charge is -2.20. The highest BCUT2D eigenvalue weighted by molar-refractivity contribution is 4.75. The molecule has 3 heteroatoms. The highest BCUT2D eigenvalue weighted by Gasteiger charge is 2.20. The minimum atomic E-state index is 0.351. The van der Waals surface area contributed by atoms with Crippen LogP contribution in [-0.2, 0) is 0 Å². The maximum Gasteiger partial charge on any atom is 0.0431 e. The van der Waals surface area contributed by atoms with Crippen molar-refractivity contribution >= 4 is 0 Å². The van der Waals surface area contributed by atoms with E-state index in [1.165, 1.54) is 51.9 Å². The van der Waals surface area contributed by atoms with Gasteiger partial charge in [-0.25, -0.2) is 0 Å². The summed E-state index contributed by atoms with van der Waals surface area (Å²) in [6.07, 6.45) is 6.05. The molecule has 1 saturated heterocycles. The number of nitrogens with zero attached hydrogens (tertiary/aromatic N) is 2. The van der Waals surface area contributed by atoms with Crippen LogP contribution in [0.25, 0.3) is 0 Å². The molecule has 0 aromatic heterocycles. The van der Waals surface area contributed by atoms with Gasteiger partial charge in [0.25, 0.3) is 0 Å². The van der Waals surface area contributed by atoms with Crippen molar-refractivity contribution in [2.45, 2.75) is 32.1 Å². The topological polar surface area (TPSA) is 26.7 Å². The highest BCUT2D eigenvalue weighted by atomic mass is 16.2. The quantitative estimate of drug-likeness (QED) is 0.637. The maximum absolute atomic E-state index is 8.67. The van der Waals surface area contributed by atoms with Crippen molar-refractivity contribution in [3.63, 3.8) is 0 Å². The molecule has 1 fully saturated rings. The Labute approximate surface area is 100 Å². The molecule has 1 aliphatic heterocycles. The lowest BCUT2D eigenvalue weighted by molar-refractivity contribution is 0.261. The van der Waals surface area contributed by atoms with Gasteiger partial charge in [0.15, 0.2) is 0 Å². The fraction of sp³-hybridized carbons (Fsp3) is 1.00. The third kappa shape index (κ3) is 5.83. The first-order valence-electron chi connectivity index (χ1n) is 6.70. The monoisotopic (exact) mass is 228 g/mol. The SMILES string of the molecule is CN(CCCCCCO)CC1CCN(C)C1. The van der Waals surface area contributed by atoms with Gasteiger partial charge in [-0.2, -0.15) is 0 Å². The van der Waals surface area contributed by atoms with Crippen LogP contribution < -0.4 is 0 Å². The summed E-state index contributed by atoms with van der Waals surface area (Å²) in [6.45, 7) is 5.37. The molecule has 16 heavy (non-hydrogen) atoms. The maximum atomic E-state index is 8.67. The van der Waals surface area contributed by atoms with Crippen LogP contribution in [-0.4, -0.2) is 61.8 Å². The van der Waals surface area contributed by atoms with Crippen molar-refractivity contribution in [1.82, 2.24) is 9.80 Å². The van der Waals surface area contributed by atoms with E-state index in [0.29, 0.717) is 6.61 Å². The molecule has 0 bridgehead atoms. The van der Waals surface area contributed by atoms with Crippen molar-refractivity contribution in [2.24, 2.45) is 5.92 Å². The molecule has 1 rings (SSSR count). The van der Waals surface area contributed by atoms with Gasteiger partial charge in [-0.15, -0.1) is 0 Å². The zero-order valence-electron chi connectivity index (χ0n) is 11.0. The smallest absolute Gasteiger partial charge is 0.0431 e. The molecule has 1 atom stereocenters. The second-order valence-corrected chi connectivity index (χ2v) is 5.32. The van der Waals surface area contributed by atoms with Crippen LogP contribution in [0.3, 0.4) is 0 Å². The zero-order chi connectivity index (χ0) is 11.8. The Morgan fingerprint density at radius 3 is 2.62 bits per heavy atom. The Kier molecular flexibility index (Phi) is 7.01. The summed E-state index contributed by atoms with van der Waals surface area (Å²) < 4.78 is 0. The fourth-order valence-electron chi connectivity index (χ4n) is 2.55. The van der Waals surface area contributed by atoms with Crippen LogP contribution in [0.2, 0.25) is 0 Å². The van der Waals surface area contributed by atoms with Gasteiger partial charge in [0.2, 0.25) is 0 Å². The lowest BCUT2D eigenvalue weighted by atomic mass is 10.1. The minimum absolute atomic E-state index is 0.351. The largest absolute Gasteiger partial charge is 0.396 e. The number of unbranched alkanes of at least 4 members (excludes halogenated alkanes) is 3. The van der Waals surface area contributed by atoms with Crippen LogP contribution in [0.15, 0.2) is 0 Å². The molecule has 3 nitrogen and oxygen atoms in total. The standard InChI is InChI=1S/C13H28N2O/c1-14(8-5-3-4-6-10-16)11-13-7-9-15(2)12-13/h13,16H,3-12H2,1-2H3. The molecule has 0 spiro atoms. The van der Waals surface area contributed by atoms with Crippen LogP contribution in [0.5, 0.6) is 0 Å². The molecule has 1 unspecified atom stereocenters. The zero-order valence-corrected chi connectivity index (χ0v) is 11.0. The van der Waals surface area contributed by atoms with Gasteiger partial charge in [-0.05, 0) is 52.4 Å². The first-order chi connectivity index (χ1) is 7.72. The first kappa shape index (κ1) is 13.9. The van der Waals surface area contributed by atoms with E-state index in [2.05, 4.69) is 23.9 Å². The van der Waals surface area contributed by atoms with Crippen LogP contribution in [0, 0.1) is 5.92 Å². The third-order valence-corrected chi connectivity index (χ3v) is 3.51. The van der Waals surface area contributed by atoms with Crippen molar-refractivity contribution in [3.8, 4) is 0 Å². The summed E-state index contributed by atoms with van der Waals surface area (Å²) in [4.78, 5) is 4.91. The number of likely N-dealkylation sites (tertiary alicyclic amines) is 1. The van der Waals surface area contributed by atoms with E-state index in [9.17, 15) is 0 Å². The fourth-order valence-corrected chi connectivity index (χ4v) is 2.55. The average Bonchev–Trinajstić information content (AvgIpc) is 2.63. The third-order valence-electron chi connectivity index (χ3n) is 3.51. The number of hydrogen-bond donors (Lipinski definition) is 1. The number of rotatable bonds is 8. The molecule has 1 aliphatic rings. The number of aliphatic hydroxyl groups excluding tert-OH is 1. The Morgan fingerprint density at radius 1 is 1.25 bits per heavy atom. The first-order valence-corrected chi connectivity index (χ1v) is 6.70. The predicted molar refractivity (Wildman–Crippen MR) is 68.7 cm³/mol. The minimum Gasteiger partial charge on any atom is -0.396 e. The van der Waals surface area contributed by atoms with E-state index in [0.717, 1.165) is 12.3 Å². The lowest BCUT2D eigenvalue weighted by Crippen LogP contribution is -2.28. The summed E-state index contributed by atoms with van der Waals surface area (Å²) >= 11 is 0. The van der Waals surface area contributed by atoms with Gasteiger partial charge >= 0.3 is 0 Å². The van der Waals surface area contributed by atoms with E-state index < -0.39 is 0 Å². The van der Waals surface area contributed by atoms with Gasteiger partial charge in [0, 0.05) is 19.7 Å². The van der Waals surface area contributed by atoms with E-state index in [1.54, 1.807) is 0 Å². The van der Waals surface area contributed by atoms with Crippen molar-refractivity contribution < 1.29 is 5.11 Å². The molecule has 1 heterocycles. The van der Waals surface area contributed by atoms with E-state index in [1.807, 2.05) is 0 Å². The summed E-state index contributed by atoms with van der Waals surface area (Å²) in [5, 5.41) is 8.67. The molecule has 96 valence electrons. The predicted octanol–water partition coefficient (Wildman–Crippen LogP) is 1.42. The molecule has 1 N–H and O–H groups in total. The Balaban J connectivity index is 1.96. The summed E-state index contributed by atoms with van der Waals surface area (Å²) in [7, 11) is 4.46. The number of hydrogen-bond acceptors (Lipinski definition) is 3. The Hall–Kier alpha value is -0.120. The normalized spacial score (nSPS) is 22.1. The second kappa shape index (κ2) is 8.04. The molecule has 0 radical (unpaired) electrons. The summed E-state index contributed by atoms with van der Waals surface area (Å²) in [5.74, 6) is 0.882. The molecule has 0 saturated carbocycles. The second-order valence-electron chi connectivity index (χ2n) is 5.32.